The number of aliphatic hydroxyl groups excluding tert-OH is 1. The number of rotatable bonds is 7. The van der Waals surface area contributed by atoms with Gasteiger partial charge in [0.25, 0.3) is 0 Å². The third kappa shape index (κ3) is 4.41. The highest BCUT2D eigenvalue weighted by molar-refractivity contribution is 5.03. The summed E-state index contributed by atoms with van der Waals surface area (Å²) in [7, 11) is 0. The van der Waals surface area contributed by atoms with Crippen LogP contribution in [0.5, 0.6) is 0 Å². The first kappa shape index (κ1) is 17.2. The van der Waals surface area contributed by atoms with Crippen LogP contribution in [0.15, 0.2) is 0 Å². The molecule has 0 aromatic rings. The Morgan fingerprint density at radius 3 is 2.14 bits per heavy atom. The lowest BCUT2D eigenvalue weighted by Gasteiger charge is -2.45. The second kappa shape index (κ2) is 6.95. The predicted octanol–water partition coefficient (Wildman–Crippen LogP) is 1.54. The van der Waals surface area contributed by atoms with Crippen LogP contribution in [0.1, 0.15) is 47.0 Å². The monoisotopic (exact) mass is 297 g/mol. The SMILES string of the molecule is CCCNC(CO)(CN1CCN(C(C)(C)C)CC1)C1CC1. The molecule has 2 fully saturated rings. The second-order valence-electron chi connectivity index (χ2n) is 7.95. The normalized spacial score (nSPS) is 25.0. The Balaban J connectivity index is 1.90. The molecule has 1 saturated carbocycles. The van der Waals surface area contributed by atoms with Crippen molar-refractivity contribution in [3.63, 3.8) is 0 Å². The molecule has 1 unspecified atom stereocenters. The maximum Gasteiger partial charge on any atom is 0.0628 e. The summed E-state index contributed by atoms with van der Waals surface area (Å²) in [6, 6.07) is 0. The summed E-state index contributed by atoms with van der Waals surface area (Å²) in [5.41, 5.74) is 0.219. The van der Waals surface area contributed by atoms with Crippen molar-refractivity contribution in [2.75, 3.05) is 45.9 Å². The molecule has 2 aliphatic rings. The van der Waals surface area contributed by atoms with Crippen molar-refractivity contribution in [1.29, 1.82) is 0 Å². The average molecular weight is 297 g/mol. The van der Waals surface area contributed by atoms with Gasteiger partial charge in [0.05, 0.1) is 12.1 Å². The number of nitrogens with zero attached hydrogens (tertiary/aromatic N) is 2. The van der Waals surface area contributed by atoms with Crippen molar-refractivity contribution in [2.24, 2.45) is 5.92 Å². The second-order valence-corrected chi connectivity index (χ2v) is 7.95. The molecule has 1 aliphatic heterocycles. The van der Waals surface area contributed by atoms with Crippen LogP contribution in [0.2, 0.25) is 0 Å². The number of hydrogen-bond donors (Lipinski definition) is 2. The summed E-state index contributed by atoms with van der Waals surface area (Å²) in [4.78, 5) is 5.13. The summed E-state index contributed by atoms with van der Waals surface area (Å²) in [5, 5.41) is 13.7. The Hall–Kier alpha value is -0.160. The molecule has 0 radical (unpaired) electrons. The van der Waals surface area contributed by atoms with Gasteiger partial charge in [-0.15, -0.1) is 0 Å². The van der Waals surface area contributed by atoms with Crippen LogP contribution in [0.25, 0.3) is 0 Å². The van der Waals surface area contributed by atoms with Gasteiger partial charge in [0.1, 0.15) is 0 Å². The van der Waals surface area contributed by atoms with Gasteiger partial charge in [-0.3, -0.25) is 9.80 Å². The fourth-order valence-corrected chi connectivity index (χ4v) is 3.55. The van der Waals surface area contributed by atoms with Crippen LogP contribution >= 0.6 is 0 Å². The summed E-state index contributed by atoms with van der Waals surface area (Å²) in [6.07, 6.45) is 3.69. The van der Waals surface area contributed by atoms with E-state index in [0.29, 0.717) is 5.92 Å². The molecule has 2 N–H and O–H groups in total. The molecule has 2 rings (SSSR count). The van der Waals surface area contributed by atoms with Gasteiger partial charge in [0.15, 0.2) is 0 Å². The smallest absolute Gasteiger partial charge is 0.0628 e. The first-order chi connectivity index (χ1) is 9.91. The Labute approximate surface area is 130 Å². The molecule has 124 valence electrons. The maximum atomic E-state index is 10.0. The van der Waals surface area contributed by atoms with Crippen LogP contribution < -0.4 is 5.32 Å². The van der Waals surface area contributed by atoms with Gasteiger partial charge in [-0.1, -0.05) is 6.92 Å². The third-order valence-corrected chi connectivity index (χ3v) is 5.19. The minimum atomic E-state index is -0.0556. The maximum absolute atomic E-state index is 10.0. The minimum Gasteiger partial charge on any atom is -0.394 e. The predicted molar refractivity (Wildman–Crippen MR) is 88.6 cm³/mol. The highest BCUT2D eigenvalue weighted by atomic mass is 16.3. The van der Waals surface area contributed by atoms with E-state index in [-0.39, 0.29) is 17.7 Å². The van der Waals surface area contributed by atoms with Gasteiger partial charge < -0.3 is 10.4 Å². The van der Waals surface area contributed by atoms with Crippen LogP contribution in [-0.2, 0) is 0 Å². The van der Waals surface area contributed by atoms with Crippen LogP contribution in [0.4, 0.5) is 0 Å². The van der Waals surface area contributed by atoms with Crippen molar-refractivity contribution < 1.29 is 5.11 Å². The highest BCUT2D eigenvalue weighted by Crippen LogP contribution is 2.40. The van der Waals surface area contributed by atoms with Crippen LogP contribution in [0, 0.1) is 5.92 Å². The topological polar surface area (TPSA) is 38.7 Å². The van der Waals surface area contributed by atoms with Gasteiger partial charge in [-0.05, 0) is 52.5 Å². The van der Waals surface area contributed by atoms with E-state index in [4.69, 9.17) is 0 Å². The lowest BCUT2D eigenvalue weighted by Crippen LogP contribution is -2.62. The number of hydrogen-bond acceptors (Lipinski definition) is 4. The van der Waals surface area contributed by atoms with Gasteiger partial charge in [-0.25, -0.2) is 0 Å². The Bertz CT molecular complexity index is 316. The van der Waals surface area contributed by atoms with Gasteiger partial charge in [-0.2, -0.15) is 0 Å². The molecule has 1 saturated heterocycles. The standard InChI is InChI=1S/C17H35N3O/c1-5-8-18-17(14-21,15-6-7-15)13-19-9-11-20(12-10-19)16(2,3)4/h15,18,21H,5-14H2,1-4H3. The molecule has 1 aliphatic carbocycles. The largest absolute Gasteiger partial charge is 0.394 e. The molecule has 0 spiro atoms. The lowest BCUT2D eigenvalue weighted by molar-refractivity contribution is 0.0301. The molecule has 1 heterocycles. The first-order valence-corrected chi connectivity index (χ1v) is 8.74. The number of aliphatic hydroxyl groups is 1. The summed E-state index contributed by atoms with van der Waals surface area (Å²) >= 11 is 0. The van der Waals surface area contributed by atoms with Crippen molar-refractivity contribution in [2.45, 2.75) is 58.0 Å². The summed E-state index contributed by atoms with van der Waals surface area (Å²) in [5.74, 6) is 0.676. The Kier molecular flexibility index (Phi) is 5.69. The van der Waals surface area contributed by atoms with E-state index < -0.39 is 0 Å². The number of piperazine rings is 1. The van der Waals surface area contributed by atoms with E-state index in [9.17, 15) is 5.11 Å². The fraction of sp³-hybridized carbons (Fsp3) is 1.00. The molecule has 4 heteroatoms. The van der Waals surface area contributed by atoms with E-state index in [1.54, 1.807) is 0 Å². The summed E-state index contributed by atoms with van der Waals surface area (Å²) in [6.45, 7) is 15.9. The zero-order chi connectivity index (χ0) is 15.5. The third-order valence-electron chi connectivity index (χ3n) is 5.19. The fourth-order valence-electron chi connectivity index (χ4n) is 3.55. The molecule has 0 aromatic heterocycles. The van der Waals surface area contributed by atoms with Crippen molar-refractivity contribution >= 4 is 0 Å². The molecule has 4 nitrogen and oxygen atoms in total. The molecular formula is C17H35N3O. The molecule has 21 heavy (non-hydrogen) atoms. The lowest BCUT2D eigenvalue weighted by atomic mass is 9.92. The van der Waals surface area contributed by atoms with Crippen molar-refractivity contribution in [1.82, 2.24) is 15.1 Å². The quantitative estimate of drug-likeness (QED) is 0.748. The molecular weight excluding hydrogens is 262 g/mol. The van der Waals surface area contributed by atoms with Gasteiger partial charge in [0.2, 0.25) is 0 Å². The molecule has 0 bridgehead atoms. The van der Waals surface area contributed by atoms with E-state index in [0.717, 1.165) is 45.7 Å². The zero-order valence-electron chi connectivity index (χ0n) is 14.5. The Morgan fingerprint density at radius 1 is 1.10 bits per heavy atom. The number of nitrogens with one attached hydrogen (secondary N) is 1. The minimum absolute atomic E-state index is 0.0556. The van der Waals surface area contributed by atoms with E-state index in [1.807, 2.05) is 0 Å². The van der Waals surface area contributed by atoms with Gasteiger partial charge in [0, 0.05) is 38.3 Å². The molecule has 0 aromatic carbocycles. The van der Waals surface area contributed by atoms with E-state index >= 15 is 0 Å². The molecule has 0 amide bonds. The first-order valence-electron chi connectivity index (χ1n) is 8.74. The van der Waals surface area contributed by atoms with E-state index in [1.165, 1.54) is 12.8 Å². The Morgan fingerprint density at radius 2 is 1.71 bits per heavy atom. The van der Waals surface area contributed by atoms with E-state index in [2.05, 4.69) is 42.8 Å². The van der Waals surface area contributed by atoms with Crippen LogP contribution in [-0.4, -0.2) is 71.9 Å². The van der Waals surface area contributed by atoms with Crippen LogP contribution in [0.3, 0.4) is 0 Å². The highest BCUT2D eigenvalue weighted by Gasteiger charge is 2.45. The zero-order valence-corrected chi connectivity index (χ0v) is 14.5. The van der Waals surface area contributed by atoms with Gasteiger partial charge >= 0.3 is 0 Å². The average Bonchev–Trinajstić information content (AvgIpc) is 3.28. The molecule has 1 atom stereocenters. The summed E-state index contributed by atoms with van der Waals surface area (Å²) < 4.78 is 0. The van der Waals surface area contributed by atoms with Crippen molar-refractivity contribution in [3.8, 4) is 0 Å². The van der Waals surface area contributed by atoms with Crippen molar-refractivity contribution in [3.05, 3.63) is 0 Å².